The van der Waals surface area contributed by atoms with Crippen molar-refractivity contribution in [3.05, 3.63) is 35.9 Å². The lowest BCUT2D eigenvalue weighted by molar-refractivity contribution is -0.148. The molecule has 7 heteroatoms. The van der Waals surface area contributed by atoms with E-state index in [2.05, 4.69) is 0 Å². The molecule has 1 aromatic carbocycles. The highest BCUT2D eigenvalue weighted by Crippen LogP contribution is 2.16. The number of likely N-dealkylation sites (N-methyl/N-ethyl adjacent to an activating group) is 1. The molecule has 7 nitrogen and oxygen atoms in total. The van der Waals surface area contributed by atoms with Gasteiger partial charge in [0.2, 0.25) is 11.8 Å². The molecule has 1 unspecified atom stereocenters. The summed E-state index contributed by atoms with van der Waals surface area (Å²) < 4.78 is 5.38. The topological polar surface area (TPSA) is 87.2 Å². The molecule has 136 valence electrons. The van der Waals surface area contributed by atoms with Gasteiger partial charge in [-0.1, -0.05) is 30.3 Å². The van der Waals surface area contributed by atoms with Crippen molar-refractivity contribution >= 4 is 17.8 Å². The molecule has 1 fully saturated rings. The van der Waals surface area contributed by atoms with Crippen LogP contribution >= 0.6 is 0 Å². The Hall–Kier alpha value is -2.41. The first-order valence-electron chi connectivity index (χ1n) is 8.33. The van der Waals surface area contributed by atoms with Crippen molar-refractivity contribution in [3.63, 3.8) is 0 Å². The minimum absolute atomic E-state index is 0.0696. The first kappa shape index (κ1) is 18.9. The number of rotatable bonds is 7. The molecular formula is C18H24N2O5. The average molecular weight is 348 g/mol. The number of piperidine rings is 1. The Balaban J connectivity index is 1.74. The average Bonchev–Trinajstić information content (AvgIpc) is 2.62. The molecule has 1 N–H and O–H groups in total. The highest BCUT2D eigenvalue weighted by Gasteiger charge is 2.28. The number of carboxylic acids is 1. The van der Waals surface area contributed by atoms with E-state index in [0.717, 1.165) is 5.56 Å². The number of hydrogen-bond donors (Lipinski definition) is 1. The summed E-state index contributed by atoms with van der Waals surface area (Å²) in [5.74, 6) is -1.91. The van der Waals surface area contributed by atoms with Gasteiger partial charge in [0.05, 0.1) is 19.1 Å². The molecule has 0 aliphatic carbocycles. The van der Waals surface area contributed by atoms with Crippen LogP contribution in [0.4, 0.5) is 0 Å². The molecule has 0 radical (unpaired) electrons. The van der Waals surface area contributed by atoms with E-state index in [-0.39, 0.29) is 31.5 Å². The van der Waals surface area contributed by atoms with Crippen molar-refractivity contribution in [1.82, 2.24) is 9.80 Å². The van der Waals surface area contributed by atoms with Gasteiger partial charge in [0.1, 0.15) is 6.61 Å². The third-order valence-corrected chi connectivity index (χ3v) is 4.26. The van der Waals surface area contributed by atoms with Gasteiger partial charge in [0, 0.05) is 20.1 Å². The lowest BCUT2D eigenvalue weighted by Crippen LogP contribution is -2.47. The number of likely N-dealkylation sites (tertiary alicyclic amines) is 1. The second-order valence-corrected chi connectivity index (χ2v) is 6.25. The molecule has 0 saturated carbocycles. The molecule has 1 aliphatic rings. The van der Waals surface area contributed by atoms with Gasteiger partial charge in [0.25, 0.3) is 0 Å². The number of hydrogen-bond acceptors (Lipinski definition) is 4. The van der Waals surface area contributed by atoms with Crippen LogP contribution in [-0.4, -0.2) is 66.0 Å². The number of benzene rings is 1. The van der Waals surface area contributed by atoms with Crippen molar-refractivity contribution in [3.8, 4) is 0 Å². The second-order valence-electron chi connectivity index (χ2n) is 6.25. The SMILES string of the molecule is CN(CC(=O)N1CCCC(C(=O)O)C1)C(=O)COCc1ccccc1. The molecule has 1 heterocycles. The Bertz CT molecular complexity index is 605. The number of amides is 2. The fourth-order valence-electron chi connectivity index (χ4n) is 2.74. The maximum atomic E-state index is 12.3. The molecule has 1 saturated heterocycles. The zero-order valence-electron chi connectivity index (χ0n) is 14.4. The van der Waals surface area contributed by atoms with E-state index in [1.807, 2.05) is 30.3 Å². The smallest absolute Gasteiger partial charge is 0.308 e. The molecular weight excluding hydrogens is 324 g/mol. The summed E-state index contributed by atoms with van der Waals surface area (Å²) in [4.78, 5) is 38.2. The minimum atomic E-state index is -0.878. The largest absolute Gasteiger partial charge is 0.481 e. The molecule has 2 rings (SSSR count). The van der Waals surface area contributed by atoms with Crippen molar-refractivity contribution < 1.29 is 24.2 Å². The number of carbonyl (C=O) groups is 3. The fourth-order valence-corrected chi connectivity index (χ4v) is 2.74. The van der Waals surface area contributed by atoms with Crippen LogP contribution in [0.2, 0.25) is 0 Å². The van der Waals surface area contributed by atoms with Gasteiger partial charge in [-0.3, -0.25) is 14.4 Å². The molecule has 0 bridgehead atoms. The number of carbonyl (C=O) groups excluding carboxylic acids is 2. The normalized spacial score (nSPS) is 17.2. The maximum Gasteiger partial charge on any atom is 0.308 e. The van der Waals surface area contributed by atoms with Crippen molar-refractivity contribution in [2.24, 2.45) is 5.92 Å². The summed E-state index contributed by atoms with van der Waals surface area (Å²) in [6, 6.07) is 9.52. The Kier molecular flexibility index (Phi) is 6.94. The number of nitrogens with zero attached hydrogens (tertiary/aromatic N) is 2. The quantitative estimate of drug-likeness (QED) is 0.794. The third kappa shape index (κ3) is 5.86. The Labute approximate surface area is 147 Å². The summed E-state index contributed by atoms with van der Waals surface area (Å²) >= 11 is 0. The lowest BCUT2D eigenvalue weighted by Gasteiger charge is -2.32. The molecule has 2 amide bonds. The van der Waals surface area contributed by atoms with E-state index in [1.54, 1.807) is 7.05 Å². The zero-order valence-corrected chi connectivity index (χ0v) is 14.4. The van der Waals surface area contributed by atoms with Crippen LogP contribution in [0, 0.1) is 5.92 Å². The second kappa shape index (κ2) is 9.17. The maximum absolute atomic E-state index is 12.3. The molecule has 25 heavy (non-hydrogen) atoms. The number of ether oxygens (including phenoxy) is 1. The van der Waals surface area contributed by atoms with Crippen LogP contribution in [0.3, 0.4) is 0 Å². The zero-order chi connectivity index (χ0) is 18.2. The summed E-state index contributed by atoms with van der Waals surface area (Å²) in [6.07, 6.45) is 1.25. The van der Waals surface area contributed by atoms with E-state index in [9.17, 15) is 14.4 Å². The predicted molar refractivity (Wildman–Crippen MR) is 90.7 cm³/mol. The van der Waals surface area contributed by atoms with Crippen LogP contribution in [0.15, 0.2) is 30.3 Å². The van der Waals surface area contributed by atoms with E-state index in [0.29, 0.717) is 26.0 Å². The van der Waals surface area contributed by atoms with E-state index < -0.39 is 11.9 Å². The van der Waals surface area contributed by atoms with E-state index in [4.69, 9.17) is 9.84 Å². The van der Waals surface area contributed by atoms with Gasteiger partial charge in [-0.25, -0.2) is 0 Å². The third-order valence-electron chi connectivity index (χ3n) is 4.26. The summed E-state index contributed by atoms with van der Waals surface area (Å²) in [7, 11) is 1.55. The Morgan fingerprint density at radius 1 is 1.28 bits per heavy atom. The molecule has 1 aromatic rings. The van der Waals surface area contributed by atoms with Crippen LogP contribution < -0.4 is 0 Å². The van der Waals surface area contributed by atoms with Gasteiger partial charge in [-0.2, -0.15) is 0 Å². The minimum Gasteiger partial charge on any atom is -0.481 e. The summed E-state index contributed by atoms with van der Waals surface area (Å²) in [5.41, 5.74) is 0.974. The molecule has 0 spiro atoms. The highest BCUT2D eigenvalue weighted by molar-refractivity contribution is 5.85. The van der Waals surface area contributed by atoms with Crippen LogP contribution in [0.1, 0.15) is 18.4 Å². The predicted octanol–water partition coefficient (Wildman–Crippen LogP) is 0.985. The van der Waals surface area contributed by atoms with E-state index >= 15 is 0 Å². The number of carboxylic acid groups (broad SMARTS) is 1. The van der Waals surface area contributed by atoms with Crippen molar-refractivity contribution in [1.29, 1.82) is 0 Å². The first-order valence-corrected chi connectivity index (χ1v) is 8.33. The van der Waals surface area contributed by atoms with Gasteiger partial charge >= 0.3 is 5.97 Å². The standard InChI is InChI=1S/C18H24N2O5/c1-19(17(22)13-25-12-14-6-3-2-4-7-14)11-16(21)20-9-5-8-15(10-20)18(23)24/h2-4,6-7,15H,5,8-13H2,1H3,(H,23,24). The fraction of sp³-hybridized carbons (Fsp3) is 0.500. The molecule has 1 aliphatic heterocycles. The van der Waals surface area contributed by atoms with Crippen LogP contribution in [0.5, 0.6) is 0 Å². The summed E-state index contributed by atoms with van der Waals surface area (Å²) in [5, 5.41) is 9.08. The molecule has 1 atom stereocenters. The summed E-state index contributed by atoms with van der Waals surface area (Å²) in [6.45, 7) is 0.910. The van der Waals surface area contributed by atoms with Crippen molar-refractivity contribution in [2.75, 3.05) is 33.3 Å². The van der Waals surface area contributed by atoms with Crippen LogP contribution in [-0.2, 0) is 25.7 Å². The van der Waals surface area contributed by atoms with Crippen LogP contribution in [0.25, 0.3) is 0 Å². The Morgan fingerprint density at radius 2 is 2.00 bits per heavy atom. The van der Waals surface area contributed by atoms with E-state index in [1.165, 1.54) is 9.80 Å². The van der Waals surface area contributed by atoms with Gasteiger partial charge in [-0.15, -0.1) is 0 Å². The van der Waals surface area contributed by atoms with Crippen molar-refractivity contribution in [2.45, 2.75) is 19.4 Å². The first-order chi connectivity index (χ1) is 12.0. The van der Waals surface area contributed by atoms with Gasteiger partial charge in [0.15, 0.2) is 0 Å². The molecule has 0 aromatic heterocycles. The highest BCUT2D eigenvalue weighted by atomic mass is 16.5. The lowest BCUT2D eigenvalue weighted by atomic mass is 9.98. The van der Waals surface area contributed by atoms with Gasteiger partial charge < -0.3 is 19.6 Å². The van der Waals surface area contributed by atoms with Gasteiger partial charge in [-0.05, 0) is 18.4 Å². The number of aliphatic carboxylic acids is 1. The monoisotopic (exact) mass is 348 g/mol. The Morgan fingerprint density at radius 3 is 2.68 bits per heavy atom.